The van der Waals surface area contributed by atoms with Crippen LogP contribution in [0.5, 0.6) is 0 Å². The molecule has 3 aromatic heterocycles. The lowest BCUT2D eigenvalue weighted by Gasteiger charge is -2.33. The van der Waals surface area contributed by atoms with E-state index in [0.29, 0.717) is 39.9 Å². The van der Waals surface area contributed by atoms with E-state index in [1.807, 2.05) is 6.92 Å². The average Bonchev–Trinajstić information content (AvgIpc) is 3.56. The van der Waals surface area contributed by atoms with Crippen LogP contribution in [-0.4, -0.2) is 69.4 Å². The maximum absolute atomic E-state index is 13.6. The van der Waals surface area contributed by atoms with Crippen molar-refractivity contribution < 1.29 is 31.5 Å². The number of carbonyl (C=O) groups excluding carboxylic acids is 2. The molecule has 5 rings (SSSR count). The number of rotatable bonds is 9. The van der Waals surface area contributed by atoms with E-state index in [-0.39, 0.29) is 29.4 Å². The molecule has 0 bridgehead atoms. The molecular weight excluding hydrogens is 573 g/mol. The summed E-state index contributed by atoms with van der Waals surface area (Å²) in [5.74, 6) is 0.582. The molecule has 1 fully saturated rings. The second kappa shape index (κ2) is 13.3. The van der Waals surface area contributed by atoms with Gasteiger partial charge in [0.1, 0.15) is 12.8 Å². The Labute approximate surface area is 244 Å². The Balaban J connectivity index is 0.000000628. The predicted molar refractivity (Wildman–Crippen MR) is 152 cm³/mol. The molecule has 0 saturated carbocycles. The summed E-state index contributed by atoms with van der Waals surface area (Å²) in [4.78, 5) is 29.4. The Morgan fingerprint density at radius 3 is 2.53 bits per heavy atom. The molecule has 1 aliphatic rings. The molecule has 9 nitrogen and oxygen atoms in total. The third-order valence-electron chi connectivity index (χ3n) is 6.77. The van der Waals surface area contributed by atoms with Crippen molar-refractivity contribution in [1.29, 1.82) is 0 Å². The lowest BCUT2D eigenvalue weighted by molar-refractivity contribution is -0.141. The maximum atomic E-state index is 13.6. The second-order valence-corrected chi connectivity index (χ2v) is 10.3. The third kappa shape index (κ3) is 7.55. The topological polar surface area (TPSA) is 96.6 Å². The second-order valence-electron chi connectivity index (χ2n) is 10.3. The van der Waals surface area contributed by atoms with Crippen molar-refractivity contribution in [1.82, 2.24) is 29.4 Å². The number of nitrogens with one attached hydrogen (secondary N) is 2. The molecule has 2 N–H and O–H groups in total. The van der Waals surface area contributed by atoms with Crippen LogP contribution in [0.3, 0.4) is 0 Å². The molecule has 14 heteroatoms. The summed E-state index contributed by atoms with van der Waals surface area (Å²) >= 11 is 0. The van der Waals surface area contributed by atoms with Gasteiger partial charge in [-0.2, -0.15) is 18.3 Å². The number of hydrogen-bond donors (Lipinski definition) is 2. The highest BCUT2D eigenvalue weighted by atomic mass is 19.4. The quantitative estimate of drug-likeness (QED) is 0.199. The fourth-order valence-electron chi connectivity index (χ4n) is 4.94. The number of pyridine rings is 1. The van der Waals surface area contributed by atoms with E-state index < -0.39 is 24.8 Å². The molecule has 0 unspecified atom stereocenters. The van der Waals surface area contributed by atoms with Gasteiger partial charge in [-0.25, -0.2) is 13.8 Å². The summed E-state index contributed by atoms with van der Waals surface area (Å²) < 4.78 is 68.5. The van der Waals surface area contributed by atoms with Crippen LogP contribution >= 0.6 is 0 Å². The summed E-state index contributed by atoms with van der Waals surface area (Å²) in [6.07, 6.45) is -2.97. The van der Waals surface area contributed by atoms with E-state index in [4.69, 9.17) is 0 Å². The highest BCUT2D eigenvalue weighted by Crippen LogP contribution is 2.37. The summed E-state index contributed by atoms with van der Waals surface area (Å²) in [6, 6.07) is 8.27. The first-order chi connectivity index (χ1) is 20.4. The monoisotopic (exact) mass is 605 g/mol. The van der Waals surface area contributed by atoms with E-state index >= 15 is 0 Å². The van der Waals surface area contributed by atoms with Crippen LogP contribution in [0.4, 0.5) is 33.3 Å². The molecule has 1 amide bonds. The van der Waals surface area contributed by atoms with Crippen molar-refractivity contribution in [2.75, 3.05) is 32.0 Å². The van der Waals surface area contributed by atoms with Crippen LogP contribution in [0, 0.1) is 5.92 Å². The molecule has 4 aromatic rings. The van der Waals surface area contributed by atoms with Gasteiger partial charge in [0.2, 0.25) is 0 Å². The van der Waals surface area contributed by atoms with Gasteiger partial charge >= 0.3 is 6.18 Å². The Morgan fingerprint density at radius 2 is 1.95 bits per heavy atom. The minimum absolute atomic E-state index is 0.0305. The first-order valence-corrected chi connectivity index (χ1v) is 13.6. The van der Waals surface area contributed by atoms with E-state index in [0.717, 1.165) is 12.1 Å². The number of aldehydes is 1. The Bertz CT molecular complexity index is 1570. The van der Waals surface area contributed by atoms with Crippen molar-refractivity contribution in [3.63, 3.8) is 0 Å². The summed E-state index contributed by atoms with van der Waals surface area (Å²) in [7, 11) is 2.15. The van der Waals surface area contributed by atoms with Crippen LogP contribution in [-0.2, 0) is 23.9 Å². The number of nitrogens with zero attached hydrogens (tertiary/aromatic N) is 5. The zero-order valence-corrected chi connectivity index (χ0v) is 23.8. The highest BCUT2D eigenvalue weighted by Gasteiger charge is 2.38. The standard InChI is InChI=1S/C24H21F5N6O2.C5H11N/c1-2-14-10-15(5-6-16(14)23(37)30-7-9-36)32-18-4-3-8-35-19(11-31-22(18)35)17-12-34(13-20(25)26)33-21(17)24(27,28)29;1-5-3-6(2)4-5/h3-6,8-12,20,32H,2,7,13H2,1H3,(H,30,37);5H,3-4H2,1-2H3. The number of halogens is 5. The van der Waals surface area contributed by atoms with Gasteiger partial charge in [0.15, 0.2) is 11.3 Å². The number of hydrogen-bond acceptors (Lipinski definition) is 6. The van der Waals surface area contributed by atoms with Crippen molar-refractivity contribution >= 4 is 29.2 Å². The van der Waals surface area contributed by atoms with E-state index in [1.165, 1.54) is 29.9 Å². The average molecular weight is 606 g/mol. The SMILES string of the molecule is CC1CN(C)C1.CCc1cc(Nc2cccn3c(-c4cn(CC(F)F)nc4C(F)(F)F)cnc23)ccc1C(=O)NCC=O. The molecular formula is C29H32F5N7O2. The van der Waals surface area contributed by atoms with Gasteiger partial charge in [0, 0.05) is 36.7 Å². The number of carbonyl (C=O) groups is 2. The number of amides is 1. The van der Waals surface area contributed by atoms with Crippen molar-refractivity contribution in [3.8, 4) is 11.3 Å². The van der Waals surface area contributed by atoms with E-state index in [9.17, 15) is 31.5 Å². The first kappa shape index (κ1) is 31.6. The fraction of sp³-hybridized carbons (Fsp3) is 0.379. The maximum Gasteiger partial charge on any atom is 0.435 e. The number of aryl methyl sites for hydroxylation is 1. The van der Waals surface area contributed by atoms with E-state index in [2.05, 4.69) is 39.6 Å². The minimum atomic E-state index is -4.86. The van der Waals surface area contributed by atoms with Gasteiger partial charge in [-0.15, -0.1) is 0 Å². The predicted octanol–water partition coefficient (Wildman–Crippen LogP) is 5.28. The van der Waals surface area contributed by atoms with E-state index in [1.54, 1.807) is 30.3 Å². The number of imidazole rings is 1. The number of likely N-dealkylation sites (tertiary alicyclic amines) is 1. The molecule has 1 saturated heterocycles. The van der Waals surface area contributed by atoms with Crippen LogP contribution < -0.4 is 10.6 Å². The van der Waals surface area contributed by atoms with Crippen molar-refractivity contribution in [2.45, 2.75) is 39.4 Å². The lowest BCUT2D eigenvalue weighted by atomic mass is 10.0. The van der Waals surface area contributed by atoms with Crippen LogP contribution in [0.1, 0.15) is 35.5 Å². The van der Waals surface area contributed by atoms with Crippen molar-refractivity contribution in [2.24, 2.45) is 5.92 Å². The minimum Gasteiger partial charge on any atom is -0.352 e. The van der Waals surface area contributed by atoms with Gasteiger partial charge in [-0.05, 0) is 55.3 Å². The van der Waals surface area contributed by atoms with Crippen LogP contribution in [0.15, 0.2) is 48.9 Å². The zero-order valence-electron chi connectivity index (χ0n) is 23.8. The molecule has 0 radical (unpaired) electrons. The molecule has 1 aromatic carbocycles. The summed E-state index contributed by atoms with van der Waals surface area (Å²) in [5, 5.41) is 8.99. The molecule has 1 aliphatic heterocycles. The number of benzene rings is 1. The summed E-state index contributed by atoms with van der Waals surface area (Å²) in [6.45, 7) is 5.67. The smallest absolute Gasteiger partial charge is 0.352 e. The zero-order chi connectivity index (χ0) is 31.3. The van der Waals surface area contributed by atoms with Gasteiger partial charge in [0.25, 0.3) is 12.3 Å². The molecule has 0 atom stereocenters. The molecule has 0 aliphatic carbocycles. The van der Waals surface area contributed by atoms with Gasteiger partial charge in [-0.1, -0.05) is 13.8 Å². The normalized spacial score (nSPS) is 13.9. The number of alkyl halides is 5. The summed E-state index contributed by atoms with van der Waals surface area (Å²) in [5.41, 5.74) is 0.842. The number of anilines is 2. The van der Waals surface area contributed by atoms with Crippen LogP contribution in [0.25, 0.3) is 16.9 Å². The van der Waals surface area contributed by atoms with Gasteiger partial charge < -0.3 is 20.3 Å². The van der Waals surface area contributed by atoms with Crippen molar-refractivity contribution in [3.05, 3.63) is 65.7 Å². The largest absolute Gasteiger partial charge is 0.435 e. The van der Waals surface area contributed by atoms with Gasteiger partial charge in [0.05, 0.1) is 29.7 Å². The number of aromatic nitrogens is 4. The molecule has 43 heavy (non-hydrogen) atoms. The van der Waals surface area contributed by atoms with Crippen LogP contribution in [0.2, 0.25) is 0 Å². The number of fused-ring (bicyclic) bond motifs is 1. The molecule has 230 valence electrons. The lowest BCUT2D eigenvalue weighted by Crippen LogP contribution is -2.41. The first-order valence-electron chi connectivity index (χ1n) is 13.6. The highest BCUT2D eigenvalue weighted by molar-refractivity contribution is 5.97. The third-order valence-corrected chi connectivity index (χ3v) is 6.77. The fourth-order valence-corrected chi connectivity index (χ4v) is 4.94. The molecule has 0 spiro atoms. The molecule has 4 heterocycles. The Morgan fingerprint density at radius 1 is 1.21 bits per heavy atom. The van der Waals surface area contributed by atoms with Gasteiger partial charge in [-0.3, -0.25) is 13.9 Å². The Kier molecular flexibility index (Phi) is 9.79. The Hall–Kier alpha value is -4.33.